The summed E-state index contributed by atoms with van der Waals surface area (Å²) < 4.78 is 0.949. The molecule has 1 aromatic carbocycles. The lowest BCUT2D eigenvalue weighted by atomic mass is 10.2. The van der Waals surface area contributed by atoms with Gasteiger partial charge in [-0.3, -0.25) is 10.1 Å². The smallest absolute Gasteiger partial charge is 0.321 e. The van der Waals surface area contributed by atoms with Crippen molar-refractivity contribution in [2.75, 3.05) is 0 Å². The van der Waals surface area contributed by atoms with Crippen LogP contribution in [0.2, 0.25) is 0 Å². The van der Waals surface area contributed by atoms with Crippen LogP contribution in [0.15, 0.2) is 33.6 Å². The number of carbonyl (C=O) groups excluding carboxylic acids is 2. The molecule has 0 aromatic heterocycles. The molecule has 114 valence electrons. The molecule has 0 radical (unpaired) electrons. The SMILES string of the molecule is C[C@H](Sc1ccccc1Br)C(=O)NC(=O)NC1CCCC1. The van der Waals surface area contributed by atoms with Gasteiger partial charge in [0.25, 0.3) is 0 Å². The first-order valence-electron chi connectivity index (χ1n) is 7.09. The third kappa shape index (κ3) is 5.04. The van der Waals surface area contributed by atoms with Gasteiger partial charge in [0.2, 0.25) is 5.91 Å². The number of thioether (sulfide) groups is 1. The fourth-order valence-corrected chi connectivity index (χ4v) is 3.74. The van der Waals surface area contributed by atoms with E-state index in [2.05, 4.69) is 26.6 Å². The van der Waals surface area contributed by atoms with E-state index in [0.717, 1.165) is 35.1 Å². The zero-order chi connectivity index (χ0) is 15.2. The fourth-order valence-electron chi connectivity index (χ4n) is 2.29. The minimum Gasteiger partial charge on any atom is -0.335 e. The highest BCUT2D eigenvalue weighted by Gasteiger charge is 2.21. The highest BCUT2D eigenvalue weighted by Crippen LogP contribution is 2.30. The molecular weight excluding hydrogens is 352 g/mol. The molecule has 1 atom stereocenters. The van der Waals surface area contributed by atoms with Gasteiger partial charge in [0.05, 0.1) is 5.25 Å². The lowest BCUT2D eigenvalue weighted by molar-refractivity contribution is -0.119. The van der Waals surface area contributed by atoms with Gasteiger partial charge in [-0.1, -0.05) is 25.0 Å². The minimum absolute atomic E-state index is 0.212. The Morgan fingerprint density at radius 2 is 1.95 bits per heavy atom. The molecule has 0 aliphatic heterocycles. The van der Waals surface area contributed by atoms with Crippen molar-refractivity contribution < 1.29 is 9.59 Å². The maximum Gasteiger partial charge on any atom is 0.321 e. The summed E-state index contributed by atoms with van der Waals surface area (Å²) in [5.41, 5.74) is 0. The summed E-state index contributed by atoms with van der Waals surface area (Å²) in [6.45, 7) is 1.79. The zero-order valence-corrected chi connectivity index (χ0v) is 14.3. The van der Waals surface area contributed by atoms with Crippen LogP contribution in [-0.4, -0.2) is 23.2 Å². The minimum atomic E-state index is -0.383. The van der Waals surface area contributed by atoms with E-state index in [9.17, 15) is 9.59 Å². The monoisotopic (exact) mass is 370 g/mol. The second-order valence-electron chi connectivity index (χ2n) is 5.13. The van der Waals surface area contributed by atoms with Crippen molar-refractivity contribution in [2.24, 2.45) is 0 Å². The molecule has 1 saturated carbocycles. The Morgan fingerprint density at radius 3 is 2.62 bits per heavy atom. The van der Waals surface area contributed by atoms with Crippen molar-refractivity contribution in [1.29, 1.82) is 0 Å². The highest BCUT2D eigenvalue weighted by molar-refractivity contribution is 9.10. The van der Waals surface area contributed by atoms with Crippen LogP contribution in [0.4, 0.5) is 4.79 Å². The zero-order valence-electron chi connectivity index (χ0n) is 11.9. The molecule has 0 spiro atoms. The van der Waals surface area contributed by atoms with E-state index >= 15 is 0 Å². The van der Waals surface area contributed by atoms with E-state index in [4.69, 9.17) is 0 Å². The maximum absolute atomic E-state index is 12.0. The Balaban J connectivity index is 1.81. The van der Waals surface area contributed by atoms with Gasteiger partial charge in [0, 0.05) is 15.4 Å². The van der Waals surface area contributed by atoms with Crippen molar-refractivity contribution in [3.05, 3.63) is 28.7 Å². The molecule has 21 heavy (non-hydrogen) atoms. The predicted octanol–water partition coefficient (Wildman–Crippen LogP) is 3.70. The first-order chi connectivity index (χ1) is 10.1. The van der Waals surface area contributed by atoms with E-state index in [1.807, 2.05) is 24.3 Å². The summed E-state index contributed by atoms with van der Waals surface area (Å²) in [7, 11) is 0. The lowest BCUT2D eigenvalue weighted by Crippen LogP contribution is -2.45. The van der Waals surface area contributed by atoms with Crippen LogP contribution in [-0.2, 0) is 4.79 Å². The number of nitrogens with one attached hydrogen (secondary N) is 2. The van der Waals surface area contributed by atoms with Gasteiger partial charge in [-0.15, -0.1) is 11.8 Å². The lowest BCUT2D eigenvalue weighted by Gasteiger charge is -2.15. The molecule has 3 amide bonds. The predicted molar refractivity (Wildman–Crippen MR) is 88.4 cm³/mol. The van der Waals surface area contributed by atoms with Gasteiger partial charge < -0.3 is 5.32 Å². The number of benzene rings is 1. The standard InChI is InChI=1S/C15H19BrN2O2S/c1-10(21-13-9-5-4-8-12(13)16)14(19)18-15(20)17-11-6-2-3-7-11/h4-5,8-11H,2-3,6-7H2,1H3,(H2,17,18,19,20)/t10-/m0/s1. The van der Waals surface area contributed by atoms with Crippen LogP contribution in [0.3, 0.4) is 0 Å². The fraction of sp³-hybridized carbons (Fsp3) is 0.467. The number of carbonyl (C=O) groups is 2. The van der Waals surface area contributed by atoms with E-state index in [1.54, 1.807) is 6.92 Å². The molecule has 1 aliphatic carbocycles. The van der Waals surface area contributed by atoms with Gasteiger partial charge in [-0.25, -0.2) is 4.79 Å². The molecule has 0 saturated heterocycles. The summed E-state index contributed by atoms with van der Waals surface area (Å²) in [5, 5.41) is 4.94. The summed E-state index contributed by atoms with van der Waals surface area (Å²) in [5.74, 6) is -0.272. The van der Waals surface area contributed by atoms with Crippen LogP contribution in [0.1, 0.15) is 32.6 Å². The number of hydrogen-bond acceptors (Lipinski definition) is 3. The van der Waals surface area contributed by atoms with Crippen LogP contribution < -0.4 is 10.6 Å². The number of imide groups is 1. The van der Waals surface area contributed by atoms with E-state index in [1.165, 1.54) is 11.8 Å². The summed E-state index contributed by atoms with van der Waals surface area (Å²) in [6.07, 6.45) is 4.30. The van der Waals surface area contributed by atoms with Crippen LogP contribution in [0.5, 0.6) is 0 Å². The van der Waals surface area contributed by atoms with Crippen molar-refractivity contribution in [3.8, 4) is 0 Å². The van der Waals surface area contributed by atoms with Gasteiger partial charge in [-0.05, 0) is 47.8 Å². The molecule has 1 aliphatic rings. The van der Waals surface area contributed by atoms with Crippen molar-refractivity contribution >= 4 is 39.6 Å². The number of urea groups is 1. The third-order valence-electron chi connectivity index (χ3n) is 3.44. The number of amides is 3. The van der Waals surface area contributed by atoms with Gasteiger partial charge in [0.1, 0.15) is 0 Å². The van der Waals surface area contributed by atoms with Gasteiger partial charge in [-0.2, -0.15) is 0 Å². The Bertz CT molecular complexity index is 518. The average Bonchev–Trinajstić information content (AvgIpc) is 2.93. The van der Waals surface area contributed by atoms with E-state index in [0.29, 0.717) is 0 Å². The molecule has 0 unspecified atom stereocenters. The highest BCUT2D eigenvalue weighted by atomic mass is 79.9. The Hall–Kier alpha value is -1.01. The van der Waals surface area contributed by atoms with Crippen molar-refractivity contribution in [2.45, 2.75) is 48.8 Å². The summed E-state index contributed by atoms with van der Waals surface area (Å²) in [6, 6.07) is 7.55. The molecule has 0 bridgehead atoms. The molecule has 2 N–H and O–H groups in total. The number of rotatable bonds is 4. The topological polar surface area (TPSA) is 58.2 Å². The van der Waals surface area contributed by atoms with Crippen LogP contribution in [0.25, 0.3) is 0 Å². The first kappa shape index (κ1) is 16.4. The quantitative estimate of drug-likeness (QED) is 0.794. The van der Waals surface area contributed by atoms with E-state index in [-0.39, 0.29) is 23.2 Å². The Labute approximate surface area is 137 Å². The van der Waals surface area contributed by atoms with Gasteiger partial charge in [0.15, 0.2) is 0 Å². The van der Waals surface area contributed by atoms with Crippen LogP contribution in [0, 0.1) is 0 Å². The normalized spacial score (nSPS) is 16.5. The van der Waals surface area contributed by atoms with Gasteiger partial charge >= 0.3 is 6.03 Å². The summed E-state index contributed by atoms with van der Waals surface area (Å²) in [4.78, 5) is 24.8. The first-order valence-corrected chi connectivity index (χ1v) is 8.76. The molecule has 2 rings (SSSR count). The van der Waals surface area contributed by atoms with E-state index < -0.39 is 0 Å². The average molecular weight is 371 g/mol. The van der Waals surface area contributed by atoms with Crippen LogP contribution >= 0.6 is 27.7 Å². The summed E-state index contributed by atoms with van der Waals surface area (Å²) >= 11 is 4.88. The second kappa shape index (κ2) is 7.84. The number of hydrogen-bond donors (Lipinski definition) is 2. The molecule has 4 nitrogen and oxygen atoms in total. The Morgan fingerprint density at radius 1 is 1.29 bits per heavy atom. The van der Waals surface area contributed by atoms with Crippen molar-refractivity contribution in [3.63, 3.8) is 0 Å². The Kier molecular flexibility index (Phi) is 6.11. The molecule has 0 heterocycles. The second-order valence-corrected chi connectivity index (χ2v) is 7.37. The van der Waals surface area contributed by atoms with Crippen molar-refractivity contribution in [1.82, 2.24) is 10.6 Å². The molecule has 6 heteroatoms. The largest absolute Gasteiger partial charge is 0.335 e. The molecule has 1 aromatic rings. The molecular formula is C15H19BrN2O2S. The number of halogens is 1. The molecule has 1 fully saturated rings. The third-order valence-corrected chi connectivity index (χ3v) is 5.57. The maximum atomic E-state index is 12.0.